The number of carbonyl (C=O) groups excluding carboxylic acids is 1. The van der Waals surface area contributed by atoms with Crippen molar-refractivity contribution in [3.8, 4) is 5.69 Å². The van der Waals surface area contributed by atoms with E-state index in [0.717, 1.165) is 54.0 Å². The Bertz CT molecular complexity index is 1300. The summed E-state index contributed by atoms with van der Waals surface area (Å²) >= 11 is 6.53. The number of para-hydroxylation sites is 1. The van der Waals surface area contributed by atoms with Crippen molar-refractivity contribution in [3.05, 3.63) is 52.7 Å². The number of thiocarbonyl (C=S) groups is 1. The molecular formula is C25H27N3O4S3. The smallest absolute Gasteiger partial charge is 0.266 e. The van der Waals surface area contributed by atoms with Crippen molar-refractivity contribution in [1.29, 1.82) is 0 Å². The second-order valence-electron chi connectivity index (χ2n) is 10.5. The van der Waals surface area contributed by atoms with E-state index in [0.29, 0.717) is 9.23 Å². The van der Waals surface area contributed by atoms with Crippen LogP contribution in [0.15, 0.2) is 41.4 Å². The van der Waals surface area contributed by atoms with E-state index in [1.54, 1.807) is 0 Å². The van der Waals surface area contributed by atoms with Crippen LogP contribution in [0.25, 0.3) is 11.8 Å². The molecule has 5 fully saturated rings. The minimum atomic E-state index is -4.19. The molecule has 7 rings (SSSR count). The predicted octanol–water partition coefficient (Wildman–Crippen LogP) is 4.43. The summed E-state index contributed by atoms with van der Waals surface area (Å²) in [6.45, 7) is -0.161. The van der Waals surface area contributed by atoms with Crippen LogP contribution < -0.4 is 0 Å². The number of amides is 1. The fourth-order valence-corrected chi connectivity index (χ4v) is 8.77. The molecule has 35 heavy (non-hydrogen) atoms. The van der Waals surface area contributed by atoms with E-state index in [2.05, 4.69) is 0 Å². The first-order valence-electron chi connectivity index (χ1n) is 12.1. The number of hydrogen-bond acceptors (Lipinski definition) is 6. The topological polar surface area (TPSA) is 92.5 Å². The van der Waals surface area contributed by atoms with E-state index in [1.165, 1.54) is 35.9 Å². The molecule has 1 saturated heterocycles. The molecule has 4 bridgehead atoms. The van der Waals surface area contributed by atoms with Gasteiger partial charge in [0.2, 0.25) is 0 Å². The van der Waals surface area contributed by atoms with E-state index < -0.39 is 15.9 Å². The first kappa shape index (κ1) is 23.4. The summed E-state index contributed by atoms with van der Waals surface area (Å²) in [6, 6.07) is 10.00. The quantitative estimate of drug-likeness (QED) is 0.336. The summed E-state index contributed by atoms with van der Waals surface area (Å²) in [6.07, 6.45) is 11.4. The van der Waals surface area contributed by atoms with E-state index in [1.807, 2.05) is 47.3 Å². The highest BCUT2D eigenvalue weighted by Crippen LogP contribution is 2.61. The van der Waals surface area contributed by atoms with Gasteiger partial charge in [0.25, 0.3) is 16.0 Å². The van der Waals surface area contributed by atoms with Crippen LogP contribution in [0.4, 0.5) is 0 Å². The molecule has 0 radical (unpaired) electrons. The number of rotatable bonds is 6. The fourth-order valence-electron chi connectivity index (χ4n) is 7.06. The van der Waals surface area contributed by atoms with Crippen molar-refractivity contribution in [3.63, 3.8) is 0 Å². The lowest BCUT2D eigenvalue weighted by Gasteiger charge is -2.56. The van der Waals surface area contributed by atoms with Crippen molar-refractivity contribution in [1.82, 2.24) is 14.7 Å². The van der Waals surface area contributed by atoms with Gasteiger partial charge in [-0.25, -0.2) is 4.68 Å². The van der Waals surface area contributed by atoms with Crippen LogP contribution in [-0.4, -0.2) is 50.2 Å². The lowest BCUT2D eigenvalue weighted by Crippen LogP contribution is -2.49. The first-order valence-corrected chi connectivity index (χ1v) is 14.9. The Labute approximate surface area is 214 Å². The SMILES string of the molecule is O=C1/C(=C/c2cn(-c3ccccc3)nc2C23CC4CC(CC(C4)C2)C3)SC(=S)N1CCS(=O)(=O)O. The Morgan fingerprint density at radius 3 is 2.34 bits per heavy atom. The zero-order chi connectivity index (χ0) is 24.4. The average Bonchev–Trinajstić information content (AvgIpc) is 3.33. The Morgan fingerprint density at radius 1 is 1.11 bits per heavy atom. The minimum absolute atomic E-state index is 0.0403. The summed E-state index contributed by atoms with van der Waals surface area (Å²) in [7, 11) is -4.19. The maximum atomic E-state index is 13.1. The van der Waals surface area contributed by atoms with Crippen LogP contribution in [0.1, 0.15) is 49.8 Å². The van der Waals surface area contributed by atoms with Gasteiger partial charge >= 0.3 is 0 Å². The lowest BCUT2D eigenvalue weighted by atomic mass is 9.48. The maximum absolute atomic E-state index is 13.1. The minimum Gasteiger partial charge on any atom is -0.292 e. The fraction of sp³-hybridized carbons (Fsp3) is 0.480. The molecule has 10 heteroatoms. The summed E-state index contributed by atoms with van der Waals surface area (Å²) in [5.74, 6) is 1.41. The molecule has 2 aromatic rings. The molecule has 1 aromatic heterocycles. The molecule has 7 nitrogen and oxygen atoms in total. The number of nitrogens with zero attached hydrogens (tertiary/aromatic N) is 3. The Morgan fingerprint density at radius 2 is 1.74 bits per heavy atom. The van der Waals surface area contributed by atoms with Gasteiger partial charge in [-0.05, 0) is 74.5 Å². The van der Waals surface area contributed by atoms with Crippen molar-refractivity contribution < 1.29 is 17.8 Å². The van der Waals surface area contributed by atoms with Gasteiger partial charge in [-0.15, -0.1) is 0 Å². The van der Waals surface area contributed by atoms with Gasteiger partial charge < -0.3 is 0 Å². The normalized spacial score (nSPS) is 31.2. The second-order valence-corrected chi connectivity index (χ2v) is 13.8. The Kier molecular flexibility index (Phi) is 5.71. The van der Waals surface area contributed by atoms with Crippen LogP contribution in [0.2, 0.25) is 0 Å². The van der Waals surface area contributed by atoms with E-state index in [-0.39, 0.29) is 17.9 Å². The van der Waals surface area contributed by atoms with Crippen LogP contribution in [0.5, 0.6) is 0 Å². The maximum Gasteiger partial charge on any atom is 0.266 e. The Hall–Kier alpha value is -2.01. The molecule has 5 aliphatic rings. The number of aromatic nitrogens is 2. The molecule has 1 aliphatic heterocycles. The van der Waals surface area contributed by atoms with Crippen molar-refractivity contribution in [2.45, 2.75) is 43.9 Å². The van der Waals surface area contributed by atoms with Gasteiger partial charge in [-0.3, -0.25) is 14.2 Å². The van der Waals surface area contributed by atoms with E-state index >= 15 is 0 Å². The number of hydrogen-bond donors (Lipinski definition) is 1. The molecule has 184 valence electrons. The first-order chi connectivity index (χ1) is 16.7. The zero-order valence-electron chi connectivity index (χ0n) is 19.2. The third-order valence-corrected chi connectivity index (χ3v) is 10.1. The Balaban J connectivity index is 1.39. The molecule has 1 aromatic carbocycles. The highest BCUT2D eigenvalue weighted by molar-refractivity contribution is 8.26. The van der Waals surface area contributed by atoms with E-state index in [4.69, 9.17) is 21.9 Å². The summed E-state index contributed by atoms with van der Waals surface area (Å²) in [5.41, 5.74) is 3.02. The van der Waals surface area contributed by atoms with Crippen molar-refractivity contribution >= 4 is 50.4 Å². The molecule has 4 saturated carbocycles. The lowest BCUT2D eigenvalue weighted by molar-refractivity contribution is -0.121. The third kappa shape index (κ3) is 4.39. The van der Waals surface area contributed by atoms with Gasteiger partial charge in [0, 0.05) is 23.7 Å². The van der Waals surface area contributed by atoms with Crippen LogP contribution in [0, 0.1) is 17.8 Å². The number of benzene rings is 1. The number of carbonyl (C=O) groups is 1. The largest absolute Gasteiger partial charge is 0.292 e. The molecule has 0 unspecified atom stereocenters. The highest BCUT2D eigenvalue weighted by Gasteiger charge is 2.53. The summed E-state index contributed by atoms with van der Waals surface area (Å²) in [5, 5.41) is 5.14. The number of thioether (sulfide) groups is 1. The third-order valence-electron chi connectivity index (χ3n) is 8.04. The second kappa shape index (κ2) is 8.54. The van der Waals surface area contributed by atoms with Gasteiger partial charge in [-0.2, -0.15) is 13.5 Å². The predicted molar refractivity (Wildman–Crippen MR) is 140 cm³/mol. The van der Waals surface area contributed by atoms with Crippen molar-refractivity contribution in [2.75, 3.05) is 12.3 Å². The van der Waals surface area contributed by atoms with E-state index in [9.17, 15) is 13.2 Å². The van der Waals surface area contributed by atoms with Gasteiger partial charge in [0.15, 0.2) is 0 Å². The zero-order valence-corrected chi connectivity index (χ0v) is 21.6. The van der Waals surface area contributed by atoms with Gasteiger partial charge in [0.05, 0.1) is 22.0 Å². The average molecular weight is 530 g/mol. The summed E-state index contributed by atoms with van der Waals surface area (Å²) in [4.78, 5) is 14.8. The molecular weight excluding hydrogens is 502 g/mol. The van der Waals surface area contributed by atoms with Crippen LogP contribution in [0.3, 0.4) is 0 Å². The molecule has 1 amide bonds. The van der Waals surface area contributed by atoms with Gasteiger partial charge in [-0.1, -0.05) is 42.2 Å². The molecule has 2 heterocycles. The molecule has 0 spiro atoms. The highest BCUT2D eigenvalue weighted by atomic mass is 32.2. The molecule has 0 atom stereocenters. The van der Waals surface area contributed by atoms with Gasteiger partial charge in [0.1, 0.15) is 4.32 Å². The van der Waals surface area contributed by atoms with Crippen LogP contribution in [-0.2, 0) is 20.3 Å². The van der Waals surface area contributed by atoms with Crippen LogP contribution >= 0.6 is 24.0 Å². The molecule has 1 N–H and O–H groups in total. The standard InChI is InChI=1S/C25H27N3O4S3/c29-23-21(34-24(33)27(23)6-7-35(30,31)32)11-19-15-28(20-4-2-1-3-5-20)26-22(19)25-12-16-8-17(13-25)10-18(9-16)14-25/h1-5,11,15-18H,6-10,12-14H2,(H,30,31,32)/b21-11-. The summed E-state index contributed by atoms with van der Waals surface area (Å²) < 4.78 is 33.7. The monoisotopic (exact) mass is 529 g/mol. The molecule has 4 aliphatic carbocycles. The van der Waals surface area contributed by atoms with Crippen molar-refractivity contribution in [2.24, 2.45) is 17.8 Å².